The number of amides is 1. The standard InChI is InChI=1S/C21H24Cl2N2O3/c1-15(28-20-8-7-17(22)11-19(20)23)21(26)24-12-18-14-25(9-10-27-18)13-16-5-3-2-4-6-16/h2-8,11,15,18H,9-10,12-14H2,1H3,(H,24,26). The normalized spacial score (nSPS) is 18.5. The number of benzene rings is 2. The Morgan fingerprint density at radius 3 is 2.82 bits per heavy atom. The van der Waals surface area contributed by atoms with Crippen LogP contribution in [0, 0.1) is 0 Å². The van der Waals surface area contributed by atoms with Crippen molar-refractivity contribution < 1.29 is 14.3 Å². The Bertz CT molecular complexity index is 788. The molecular weight excluding hydrogens is 399 g/mol. The molecule has 0 aliphatic carbocycles. The Balaban J connectivity index is 1.45. The summed E-state index contributed by atoms with van der Waals surface area (Å²) in [4.78, 5) is 14.7. The van der Waals surface area contributed by atoms with Gasteiger partial charge in [0, 0.05) is 31.2 Å². The van der Waals surface area contributed by atoms with Crippen molar-refractivity contribution >= 4 is 29.1 Å². The first-order chi connectivity index (χ1) is 13.5. The number of halogens is 2. The zero-order chi connectivity index (χ0) is 19.9. The summed E-state index contributed by atoms with van der Waals surface area (Å²) in [7, 11) is 0. The molecular formula is C21H24Cl2N2O3. The molecule has 2 unspecified atom stereocenters. The molecule has 2 atom stereocenters. The predicted molar refractivity (Wildman–Crippen MR) is 111 cm³/mol. The molecule has 3 rings (SSSR count). The minimum Gasteiger partial charge on any atom is -0.479 e. The Morgan fingerprint density at radius 1 is 1.29 bits per heavy atom. The van der Waals surface area contributed by atoms with Crippen molar-refractivity contribution in [2.75, 3.05) is 26.2 Å². The number of hydrogen-bond donors (Lipinski definition) is 1. The minimum atomic E-state index is -0.678. The van der Waals surface area contributed by atoms with Gasteiger partial charge in [0.15, 0.2) is 6.10 Å². The van der Waals surface area contributed by atoms with E-state index in [4.69, 9.17) is 32.7 Å². The maximum Gasteiger partial charge on any atom is 0.260 e. The lowest BCUT2D eigenvalue weighted by Gasteiger charge is -2.33. The van der Waals surface area contributed by atoms with E-state index in [0.717, 1.165) is 19.6 Å². The quantitative estimate of drug-likeness (QED) is 0.737. The van der Waals surface area contributed by atoms with Crippen LogP contribution in [0.3, 0.4) is 0 Å². The fraction of sp³-hybridized carbons (Fsp3) is 0.381. The van der Waals surface area contributed by atoms with Crippen LogP contribution in [-0.4, -0.2) is 49.3 Å². The lowest BCUT2D eigenvalue weighted by molar-refractivity contribution is -0.128. The van der Waals surface area contributed by atoms with Crippen LogP contribution in [0.25, 0.3) is 0 Å². The Hall–Kier alpha value is -1.79. The van der Waals surface area contributed by atoms with E-state index >= 15 is 0 Å². The Kier molecular flexibility index (Phi) is 7.57. The first-order valence-electron chi connectivity index (χ1n) is 9.28. The lowest BCUT2D eigenvalue weighted by atomic mass is 10.2. The van der Waals surface area contributed by atoms with Gasteiger partial charge >= 0.3 is 0 Å². The highest BCUT2D eigenvalue weighted by atomic mass is 35.5. The number of nitrogens with one attached hydrogen (secondary N) is 1. The van der Waals surface area contributed by atoms with Crippen molar-refractivity contribution in [1.29, 1.82) is 0 Å². The van der Waals surface area contributed by atoms with Gasteiger partial charge in [-0.1, -0.05) is 53.5 Å². The van der Waals surface area contributed by atoms with Gasteiger partial charge in [0.05, 0.1) is 17.7 Å². The largest absolute Gasteiger partial charge is 0.479 e. The van der Waals surface area contributed by atoms with E-state index in [1.807, 2.05) is 18.2 Å². The van der Waals surface area contributed by atoms with Crippen LogP contribution < -0.4 is 10.1 Å². The summed E-state index contributed by atoms with van der Waals surface area (Å²) in [6.45, 7) is 5.31. The van der Waals surface area contributed by atoms with Crippen molar-refractivity contribution in [3.05, 3.63) is 64.1 Å². The molecule has 28 heavy (non-hydrogen) atoms. The van der Waals surface area contributed by atoms with Crippen LogP contribution >= 0.6 is 23.2 Å². The van der Waals surface area contributed by atoms with Gasteiger partial charge in [-0.15, -0.1) is 0 Å². The molecule has 0 aromatic heterocycles. The zero-order valence-corrected chi connectivity index (χ0v) is 17.2. The van der Waals surface area contributed by atoms with Crippen LogP contribution in [0.15, 0.2) is 48.5 Å². The van der Waals surface area contributed by atoms with Crippen molar-refractivity contribution in [1.82, 2.24) is 10.2 Å². The summed E-state index contributed by atoms with van der Waals surface area (Å²) in [5, 5.41) is 3.79. The SMILES string of the molecule is CC(Oc1ccc(Cl)cc1Cl)C(=O)NCC1CN(Cc2ccccc2)CCO1. The van der Waals surface area contributed by atoms with E-state index in [1.54, 1.807) is 25.1 Å². The van der Waals surface area contributed by atoms with Crippen LogP contribution in [0.2, 0.25) is 10.0 Å². The molecule has 150 valence electrons. The van der Waals surface area contributed by atoms with Gasteiger partial charge in [-0.2, -0.15) is 0 Å². The van der Waals surface area contributed by atoms with Gasteiger partial charge in [-0.05, 0) is 30.7 Å². The summed E-state index contributed by atoms with van der Waals surface area (Å²) in [6, 6.07) is 15.2. The van der Waals surface area contributed by atoms with Gasteiger partial charge < -0.3 is 14.8 Å². The number of rotatable bonds is 7. The summed E-state index contributed by atoms with van der Waals surface area (Å²) in [6.07, 6.45) is -0.726. The van der Waals surface area contributed by atoms with Crippen LogP contribution in [-0.2, 0) is 16.1 Å². The lowest BCUT2D eigenvalue weighted by Crippen LogP contribution is -2.48. The van der Waals surface area contributed by atoms with E-state index in [9.17, 15) is 4.79 Å². The third-order valence-electron chi connectivity index (χ3n) is 4.54. The molecule has 1 aliphatic rings. The molecule has 2 aromatic rings. The average Bonchev–Trinajstić information content (AvgIpc) is 2.69. The molecule has 7 heteroatoms. The molecule has 1 saturated heterocycles. The average molecular weight is 423 g/mol. The highest BCUT2D eigenvalue weighted by Gasteiger charge is 2.23. The number of carbonyl (C=O) groups is 1. The van der Waals surface area contributed by atoms with Gasteiger partial charge in [0.1, 0.15) is 5.75 Å². The molecule has 0 saturated carbocycles. The molecule has 5 nitrogen and oxygen atoms in total. The second kappa shape index (κ2) is 10.1. The Labute approximate surface area is 175 Å². The number of ether oxygens (including phenoxy) is 2. The van der Waals surface area contributed by atoms with E-state index in [0.29, 0.717) is 28.9 Å². The van der Waals surface area contributed by atoms with Crippen LogP contribution in [0.5, 0.6) is 5.75 Å². The summed E-state index contributed by atoms with van der Waals surface area (Å²) in [5.41, 5.74) is 1.27. The second-order valence-electron chi connectivity index (χ2n) is 6.79. The number of morpholine rings is 1. The highest BCUT2D eigenvalue weighted by Crippen LogP contribution is 2.28. The fourth-order valence-electron chi connectivity index (χ4n) is 3.06. The van der Waals surface area contributed by atoms with Crippen molar-refractivity contribution in [2.45, 2.75) is 25.7 Å². The van der Waals surface area contributed by atoms with Gasteiger partial charge in [-0.25, -0.2) is 0 Å². The minimum absolute atomic E-state index is 0.0484. The zero-order valence-electron chi connectivity index (χ0n) is 15.7. The molecule has 0 spiro atoms. The molecule has 0 bridgehead atoms. The topological polar surface area (TPSA) is 50.8 Å². The Morgan fingerprint density at radius 2 is 2.07 bits per heavy atom. The first kappa shape index (κ1) is 20.9. The predicted octanol–water partition coefficient (Wildman–Crippen LogP) is 3.78. The molecule has 0 radical (unpaired) electrons. The van der Waals surface area contributed by atoms with E-state index in [2.05, 4.69) is 22.3 Å². The highest BCUT2D eigenvalue weighted by molar-refractivity contribution is 6.35. The maximum atomic E-state index is 12.4. The molecule has 1 N–H and O–H groups in total. The first-order valence-corrected chi connectivity index (χ1v) is 10.0. The second-order valence-corrected chi connectivity index (χ2v) is 7.64. The third-order valence-corrected chi connectivity index (χ3v) is 5.07. The van der Waals surface area contributed by atoms with Crippen LogP contribution in [0.1, 0.15) is 12.5 Å². The van der Waals surface area contributed by atoms with Crippen molar-refractivity contribution in [2.24, 2.45) is 0 Å². The van der Waals surface area contributed by atoms with E-state index < -0.39 is 6.10 Å². The monoisotopic (exact) mass is 422 g/mol. The van der Waals surface area contributed by atoms with E-state index in [1.165, 1.54) is 5.56 Å². The summed E-state index contributed by atoms with van der Waals surface area (Å²) in [5.74, 6) is 0.214. The molecule has 1 heterocycles. The van der Waals surface area contributed by atoms with Gasteiger partial charge in [-0.3, -0.25) is 9.69 Å². The number of carbonyl (C=O) groups excluding carboxylic acids is 1. The fourth-order valence-corrected chi connectivity index (χ4v) is 3.52. The van der Waals surface area contributed by atoms with Crippen molar-refractivity contribution in [3.8, 4) is 5.75 Å². The smallest absolute Gasteiger partial charge is 0.260 e. The molecule has 1 amide bonds. The number of hydrogen-bond acceptors (Lipinski definition) is 4. The summed E-state index contributed by atoms with van der Waals surface area (Å²) < 4.78 is 11.4. The number of nitrogens with zero attached hydrogens (tertiary/aromatic N) is 1. The third kappa shape index (κ3) is 6.11. The molecule has 1 aliphatic heterocycles. The molecule has 1 fully saturated rings. The van der Waals surface area contributed by atoms with Crippen molar-refractivity contribution in [3.63, 3.8) is 0 Å². The van der Waals surface area contributed by atoms with E-state index in [-0.39, 0.29) is 12.0 Å². The summed E-state index contributed by atoms with van der Waals surface area (Å²) >= 11 is 12.0. The van der Waals surface area contributed by atoms with Crippen LogP contribution in [0.4, 0.5) is 0 Å². The molecule has 2 aromatic carbocycles. The maximum absolute atomic E-state index is 12.4. The van der Waals surface area contributed by atoms with Gasteiger partial charge in [0.25, 0.3) is 5.91 Å². The van der Waals surface area contributed by atoms with Gasteiger partial charge in [0.2, 0.25) is 0 Å².